The number of amides is 1. The maximum Gasteiger partial charge on any atom is 0.256 e. The van der Waals surface area contributed by atoms with Crippen LogP contribution in [0.1, 0.15) is 34.0 Å². The SMILES string of the molecule is Cc1cc(NC(=O)c2cccc([C@@H]3C[C@H]3N)c2)n(C)n1.Cl.Cl. The summed E-state index contributed by atoms with van der Waals surface area (Å²) in [6.07, 6.45) is 1.01. The van der Waals surface area contributed by atoms with Crippen LogP contribution >= 0.6 is 24.8 Å². The van der Waals surface area contributed by atoms with E-state index in [1.807, 2.05) is 44.3 Å². The second kappa shape index (κ2) is 7.13. The van der Waals surface area contributed by atoms with Crippen molar-refractivity contribution in [1.82, 2.24) is 9.78 Å². The van der Waals surface area contributed by atoms with Crippen molar-refractivity contribution in [2.45, 2.75) is 25.3 Å². The Labute approximate surface area is 142 Å². The summed E-state index contributed by atoms with van der Waals surface area (Å²) in [5.74, 6) is 0.979. The first-order valence-corrected chi connectivity index (χ1v) is 6.72. The molecule has 1 aromatic heterocycles. The molecule has 0 aliphatic heterocycles. The lowest BCUT2D eigenvalue weighted by molar-refractivity contribution is 0.102. The zero-order valence-corrected chi connectivity index (χ0v) is 14.1. The van der Waals surface area contributed by atoms with E-state index in [2.05, 4.69) is 10.4 Å². The summed E-state index contributed by atoms with van der Waals surface area (Å²) in [5, 5.41) is 7.08. The van der Waals surface area contributed by atoms with E-state index in [1.54, 1.807) is 4.68 Å². The highest BCUT2D eigenvalue weighted by Crippen LogP contribution is 2.39. The Balaban J connectivity index is 0.00000121. The van der Waals surface area contributed by atoms with Gasteiger partial charge >= 0.3 is 0 Å². The van der Waals surface area contributed by atoms with Crippen LogP contribution in [-0.2, 0) is 7.05 Å². The topological polar surface area (TPSA) is 72.9 Å². The molecule has 0 bridgehead atoms. The van der Waals surface area contributed by atoms with Crippen molar-refractivity contribution in [2.75, 3.05) is 5.32 Å². The number of nitrogens with two attached hydrogens (primary N) is 1. The van der Waals surface area contributed by atoms with Crippen molar-refractivity contribution in [3.05, 3.63) is 47.2 Å². The van der Waals surface area contributed by atoms with Crippen molar-refractivity contribution in [1.29, 1.82) is 0 Å². The van der Waals surface area contributed by atoms with Crippen LogP contribution in [0.2, 0.25) is 0 Å². The molecular weight excluding hydrogens is 323 g/mol. The number of nitrogens with zero attached hydrogens (tertiary/aromatic N) is 2. The van der Waals surface area contributed by atoms with E-state index in [4.69, 9.17) is 5.73 Å². The summed E-state index contributed by atoms with van der Waals surface area (Å²) in [5.41, 5.74) is 8.53. The number of halogens is 2. The zero-order valence-electron chi connectivity index (χ0n) is 12.4. The molecule has 1 saturated carbocycles. The summed E-state index contributed by atoms with van der Waals surface area (Å²) in [6, 6.07) is 9.77. The molecule has 3 rings (SSSR count). The average molecular weight is 343 g/mol. The van der Waals surface area contributed by atoms with Crippen LogP contribution in [0.4, 0.5) is 5.82 Å². The van der Waals surface area contributed by atoms with Gasteiger partial charge in [0.15, 0.2) is 0 Å². The lowest BCUT2D eigenvalue weighted by Crippen LogP contribution is -2.14. The number of hydrogen-bond acceptors (Lipinski definition) is 3. The maximum absolute atomic E-state index is 12.3. The molecular formula is C15H20Cl2N4O. The molecule has 0 unspecified atom stereocenters. The molecule has 2 aromatic rings. The lowest BCUT2D eigenvalue weighted by atomic mass is 10.1. The number of anilines is 1. The fraction of sp³-hybridized carbons (Fsp3) is 0.333. The minimum Gasteiger partial charge on any atom is -0.327 e. The molecule has 0 radical (unpaired) electrons. The maximum atomic E-state index is 12.3. The third kappa shape index (κ3) is 3.80. The molecule has 0 saturated heterocycles. The molecule has 2 atom stereocenters. The number of aryl methyl sites for hydroxylation is 2. The van der Waals surface area contributed by atoms with Gasteiger partial charge in [-0.3, -0.25) is 9.48 Å². The van der Waals surface area contributed by atoms with Crippen LogP contribution in [0, 0.1) is 6.92 Å². The summed E-state index contributed by atoms with van der Waals surface area (Å²) < 4.78 is 1.66. The Kier molecular flexibility index (Phi) is 6.00. The first kappa shape index (κ1) is 18.5. The van der Waals surface area contributed by atoms with Crippen LogP contribution in [0.5, 0.6) is 0 Å². The van der Waals surface area contributed by atoms with E-state index in [0.717, 1.165) is 17.7 Å². The van der Waals surface area contributed by atoms with Gasteiger partial charge in [0.2, 0.25) is 0 Å². The largest absolute Gasteiger partial charge is 0.327 e. The molecule has 3 N–H and O–H groups in total. The number of rotatable bonds is 3. The van der Waals surface area contributed by atoms with Gasteiger partial charge in [0.25, 0.3) is 5.91 Å². The summed E-state index contributed by atoms with van der Waals surface area (Å²) in [7, 11) is 1.81. The molecule has 1 aromatic carbocycles. The third-order valence-electron chi connectivity index (χ3n) is 3.66. The summed E-state index contributed by atoms with van der Waals surface area (Å²) in [6.45, 7) is 1.89. The summed E-state index contributed by atoms with van der Waals surface area (Å²) in [4.78, 5) is 12.3. The number of carbonyl (C=O) groups is 1. The first-order valence-electron chi connectivity index (χ1n) is 6.72. The van der Waals surface area contributed by atoms with E-state index in [0.29, 0.717) is 17.3 Å². The number of aromatic nitrogens is 2. The minimum absolute atomic E-state index is 0. The minimum atomic E-state index is -0.121. The molecule has 1 amide bonds. The molecule has 22 heavy (non-hydrogen) atoms. The van der Waals surface area contributed by atoms with E-state index >= 15 is 0 Å². The Morgan fingerprint density at radius 1 is 1.36 bits per heavy atom. The van der Waals surface area contributed by atoms with Crippen LogP contribution < -0.4 is 11.1 Å². The van der Waals surface area contributed by atoms with Crippen LogP contribution in [-0.4, -0.2) is 21.7 Å². The number of carbonyl (C=O) groups excluding carboxylic acids is 1. The van der Waals surface area contributed by atoms with Crippen molar-refractivity contribution in [2.24, 2.45) is 12.8 Å². The highest BCUT2D eigenvalue weighted by molar-refractivity contribution is 6.04. The molecule has 5 nitrogen and oxygen atoms in total. The zero-order chi connectivity index (χ0) is 14.3. The fourth-order valence-corrected chi connectivity index (χ4v) is 2.42. The Morgan fingerprint density at radius 3 is 2.59 bits per heavy atom. The van der Waals surface area contributed by atoms with Gasteiger partial charge in [-0.2, -0.15) is 5.10 Å². The van der Waals surface area contributed by atoms with Gasteiger partial charge in [0.05, 0.1) is 5.69 Å². The van der Waals surface area contributed by atoms with Crippen LogP contribution in [0.25, 0.3) is 0 Å². The van der Waals surface area contributed by atoms with Gasteiger partial charge in [-0.15, -0.1) is 24.8 Å². The van der Waals surface area contributed by atoms with Gasteiger partial charge in [-0.05, 0) is 31.0 Å². The summed E-state index contributed by atoms with van der Waals surface area (Å²) >= 11 is 0. The van der Waals surface area contributed by atoms with Gasteiger partial charge in [0.1, 0.15) is 5.82 Å². The predicted molar refractivity (Wildman–Crippen MR) is 92.2 cm³/mol. The highest BCUT2D eigenvalue weighted by Gasteiger charge is 2.34. The molecule has 7 heteroatoms. The number of benzene rings is 1. The Hall–Kier alpha value is -1.56. The van der Waals surface area contributed by atoms with Crippen molar-refractivity contribution >= 4 is 36.5 Å². The normalized spacial score (nSPS) is 18.9. The van der Waals surface area contributed by atoms with Crippen molar-refractivity contribution in [3.8, 4) is 0 Å². The van der Waals surface area contributed by atoms with Gasteiger partial charge in [-0.1, -0.05) is 12.1 Å². The number of hydrogen-bond donors (Lipinski definition) is 2. The quantitative estimate of drug-likeness (QED) is 0.900. The Morgan fingerprint density at radius 2 is 2.05 bits per heavy atom. The van der Waals surface area contributed by atoms with Crippen molar-refractivity contribution in [3.63, 3.8) is 0 Å². The van der Waals surface area contributed by atoms with E-state index in [-0.39, 0.29) is 36.8 Å². The predicted octanol–water partition coefficient (Wildman–Crippen LogP) is 2.64. The standard InChI is InChI=1S/C15H18N4O.2ClH/c1-9-6-14(19(2)18-9)17-15(20)11-5-3-4-10(7-11)12-8-13(12)16;;/h3-7,12-13H,8,16H2,1-2H3,(H,17,20);2*1H/t12-,13+;;/m0../s1. The molecule has 1 fully saturated rings. The molecule has 1 heterocycles. The average Bonchev–Trinajstić information content (AvgIpc) is 3.06. The first-order chi connectivity index (χ1) is 9.54. The second-order valence-electron chi connectivity index (χ2n) is 5.38. The lowest BCUT2D eigenvalue weighted by Gasteiger charge is -2.07. The number of nitrogens with one attached hydrogen (secondary N) is 1. The van der Waals surface area contributed by atoms with Crippen molar-refractivity contribution < 1.29 is 4.79 Å². The molecule has 1 aliphatic rings. The van der Waals surface area contributed by atoms with Gasteiger partial charge < -0.3 is 11.1 Å². The third-order valence-corrected chi connectivity index (χ3v) is 3.66. The van der Waals surface area contributed by atoms with Crippen LogP contribution in [0.15, 0.2) is 30.3 Å². The van der Waals surface area contributed by atoms with E-state index in [9.17, 15) is 4.79 Å². The smallest absolute Gasteiger partial charge is 0.256 e. The van der Waals surface area contributed by atoms with Gasteiger partial charge in [0, 0.05) is 30.6 Å². The molecule has 1 aliphatic carbocycles. The molecule has 120 valence electrons. The van der Waals surface area contributed by atoms with Gasteiger partial charge in [-0.25, -0.2) is 0 Å². The second-order valence-corrected chi connectivity index (χ2v) is 5.38. The monoisotopic (exact) mass is 342 g/mol. The van der Waals surface area contributed by atoms with Crippen LogP contribution in [0.3, 0.4) is 0 Å². The fourth-order valence-electron chi connectivity index (χ4n) is 2.42. The Bertz CT molecular complexity index is 671. The van der Waals surface area contributed by atoms with E-state index < -0.39 is 0 Å². The highest BCUT2D eigenvalue weighted by atomic mass is 35.5. The molecule has 0 spiro atoms. The van der Waals surface area contributed by atoms with E-state index in [1.165, 1.54) is 0 Å².